The lowest BCUT2D eigenvalue weighted by molar-refractivity contribution is 0.0492. The first-order valence-electron chi connectivity index (χ1n) is 11.0. The van der Waals surface area contributed by atoms with Crippen molar-refractivity contribution in [3.63, 3.8) is 0 Å². The van der Waals surface area contributed by atoms with E-state index >= 15 is 0 Å². The molecule has 32 heavy (non-hydrogen) atoms. The molecule has 0 saturated carbocycles. The number of nitrogens with one attached hydrogen (secondary N) is 1. The van der Waals surface area contributed by atoms with Crippen LogP contribution < -0.4 is 11.1 Å². The number of para-hydroxylation sites is 1. The lowest BCUT2D eigenvalue weighted by Gasteiger charge is -2.23. The number of alkyl carbamates (subject to hydrolysis) is 1. The highest BCUT2D eigenvalue weighted by Gasteiger charge is 2.24. The predicted molar refractivity (Wildman–Crippen MR) is 133 cm³/mol. The summed E-state index contributed by atoms with van der Waals surface area (Å²) in [4.78, 5) is 17.3. The number of nitrogens with two attached hydrogens (primary N) is 1. The minimum absolute atomic E-state index is 0.337. The number of imidazole rings is 1. The molecule has 1 amide bonds. The van der Waals surface area contributed by atoms with Crippen LogP contribution >= 0.6 is 0 Å². The van der Waals surface area contributed by atoms with Crippen LogP contribution in [-0.2, 0) is 16.2 Å². The van der Waals surface area contributed by atoms with Crippen molar-refractivity contribution in [2.45, 2.75) is 71.3 Å². The summed E-state index contributed by atoms with van der Waals surface area (Å²) in [7, 11) is -1.20. The van der Waals surface area contributed by atoms with Crippen LogP contribution in [0.4, 0.5) is 10.5 Å². The van der Waals surface area contributed by atoms with Crippen LogP contribution in [0.3, 0.4) is 0 Å². The van der Waals surface area contributed by atoms with Gasteiger partial charge in [0.05, 0.1) is 11.7 Å². The summed E-state index contributed by atoms with van der Waals surface area (Å²) in [6.07, 6.45) is 3.67. The molecule has 3 N–H and O–H groups in total. The Morgan fingerprint density at radius 1 is 1.31 bits per heavy atom. The number of aromatic nitrogens is 2. The molecule has 0 radical (unpaired) electrons. The second-order valence-electron chi connectivity index (χ2n) is 10.1. The van der Waals surface area contributed by atoms with E-state index in [2.05, 4.69) is 31.5 Å². The number of amides is 1. The number of hydrogen-bond acceptors (Lipinski definition) is 5. The monoisotopic (exact) mass is 458 g/mol. The first-order valence-corrected chi connectivity index (χ1v) is 14.7. The third-order valence-corrected chi connectivity index (χ3v) is 6.38. The van der Waals surface area contributed by atoms with Crippen molar-refractivity contribution in [1.82, 2.24) is 14.9 Å². The van der Waals surface area contributed by atoms with Crippen LogP contribution in [-0.4, -0.2) is 35.9 Å². The molecule has 0 aliphatic rings. The average Bonchev–Trinajstić information content (AvgIpc) is 3.07. The van der Waals surface area contributed by atoms with Crippen LogP contribution in [0.15, 0.2) is 43.1 Å². The average molecular weight is 459 g/mol. The van der Waals surface area contributed by atoms with Crippen molar-refractivity contribution in [3.05, 3.63) is 48.9 Å². The number of ether oxygens (including phenoxy) is 2. The Morgan fingerprint density at radius 2 is 2.00 bits per heavy atom. The number of carbonyl (C=O) groups is 1. The smallest absolute Gasteiger partial charge is 0.408 e. The summed E-state index contributed by atoms with van der Waals surface area (Å²) in [6, 6.07) is 8.25. The zero-order chi connectivity index (χ0) is 23.9. The van der Waals surface area contributed by atoms with Gasteiger partial charge in [0, 0.05) is 32.1 Å². The largest absolute Gasteiger partial charge is 0.444 e. The molecule has 7 nitrogen and oxygen atoms in total. The molecule has 1 heterocycles. The van der Waals surface area contributed by atoms with E-state index in [1.165, 1.54) is 0 Å². The van der Waals surface area contributed by atoms with Crippen molar-refractivity contribution in [3.8, 4) is 11.3 Å². The van der Waals surface area contributed by atoms with E-state index in [0.29, 0.717) is 31.3 Å². The van der Waals surface area contributed by atoms with E-state index in [4.69, 9.17) is 20.2 Å². The normalized spacial score (nSPS) is 12.9. The summed E-state index contributed by atoms with van der Waals surface area (Å²) < 4.78 is 13.4. The molecule has 0 spiro atoms. The topological polar surface area (TPSA) is 91.4 Å². The van der Waals surface area contributed by atoms with Gasteiger partial charge in [0.15, 0.2) is 0 Å². The Hall–Kier alpha value is -2.58. The van der Waals surface area contributed by atoms with E-state index in [0.717, 1.165) is 17.3 Å². The van der Waals surface area contributed by atoms with Crippen LogP contribution in [0.1, 0.15) is 39.1 Å². The number of carbonyl (C=O) groups excluding carboxylic acids is 1. The Balaban J connectivity index is 2.33. The molecular weight excluding hydrogens is 420 g/mol. The number of benzene rings is 1. The third kappa shape index (κ3) is 8.16. The lowest BCUT2D eigenvalue weighted by atomic mass is 10.1. The van der Waals surface area contributed by atoms with Gasteiger partial charge in [-0.25, -0.2) is 9.78 Å². The second-order valence-corrected chi connectivity index (χ2v) is 15.7. The van der Waals surface area contributed by atoms with Gasteiger partial charge in [-0.2, -0.15) is 0 Å². The predicted octanol–water partition coefficient (Wildman–Crippen LogP) is 5.59. The summed E-state index contributed by atoms with van der Waals surface area (Å²) >= 11 is 0. The van der Waals surface area contributed by atoms with Gasteiger partial charge in [-0.3, -0.25) is 0 Å². The van der Waals surface area contributed by atoms with E-state index in [9.17, 15) is 4.79 Å². The SMILES string of the molecule is C=CCC(NC(=O)OC(C)(C)C)c1nc(-c2ccccc2N)cn1COCC[Si](C)(C)C. The van der Waals surface area contributed by atoms with E-state index in [-0.39, 0.29) is 0 Å². The quantitative estimate of drug-likeness (QED) is 0.210. The van der Waals surface area contributed by atoms with Crippen LogP contribution in [0.2, 0.25) is 25.7 Å². The van der Waals surface area contributed by atoms with Gasteiger partial charge < -0.3 is 25.1 Å². The molecule has 1 aromatic carbocycles. The zero-order valence-corrected chi connectivity index (χ0v) is 21.3. The number of nitrogens with zero attached hydrogens (tertiary/aromatic N) is 2. The standard InChI is InChI=1S/C24H38N4O3Si/c1-8-11-20(27-23(29)31-24(2,3)4)22-26-21(18-12-9-10-13-19(18)25)16-28(22)17-30-14-15-32(5,6)7/h8-10,12-13,16,20H,1,11,14-15,17,25H2,2-7H3,(H,27,29). The maximum atomic E-state index is 12.5. The third-order valence-electron chi connectivity index (χ3n) is 4.68. The van der Waals surface area contributed by atoms with Gasteiger partial charge in [0.2, 0.25) is 0 Å². The molecule has 176 valence electrons. The molecule has 2 rings (SSSR count). The molecule has 1 unspecified atom stereocenters. The first-order chi connectivity index (χ1) is 14.9. The molecule has 8 heteroatoms. The van der Waals surface area contributed by atoms with Gasteiger partial charge >= 0.3 is 6.09 Å². The van der Waals surface area contributed by atoms with Gasteiger partial charge in [0.1, 0.15) is 18.2 Å². The van der Waals surface area contributed by atoms with Gasteiger partial charge in [-0.05, 0) is 39.3 Å². The molecule has 2 aromatic rings. The summed E-state index contributed by atoms with van der Waals surface area (Å²) in [5.74, 6) is 0.669. The molecule has 0 saturated heterocycles. The fourth-order valence-corrected chi connectivity index (χ4v) is 3.82. The van der Waals surface area contributed by atoms with Crippen molar-refractivity contribution in [1.29, 1.82) is 0 Å². The lowest BCUT2D eigenvalue weighted by Crippen LogP contribution is -2.36. The minimum atomic E-state index is -1.20. The van der Waals surface area contributed by atoms with Gasteiger partial charge in [0.25, 0.3) is 0 Å². The Labute approximate surface area is 193 Å². The molecule has 0 bridgehead atoms. The van der Waals surface area contributed by atoms with Crippen molar-refractivity contribution < 1.29 is 14.3 Å². The Kier molecular flexibility index (Phi) is 8.69. The second kappa shape index (κ2) is 10.8. The van der Waals surface area contributed by atoms with Crippen molar-refractivity contribution in [2.75, 3.05) is 12.3 Å². The van der Waals surface area contributed by atoms with Gasteiger partial charge in [-0.1, -0.05) is 43.9 Å². The fraction of sp³-hybridized carbons (Fsp3) is 0.500. The molecular formula is C24H38N4O3Si. The first kappa shape index (κ1) is 25.7. The van der Waals surface area contributed by atoms with Crippen molar-refractivity contribution >= 4 is 19.9 Å². The van der Waals surface area contributed by atoms with E-state index in [1.54, 1.807) is 6.08 Å². The molecule has 1 atom stereocenters. The van der Waals surface area contributed by atoms with Crippen LogP contribution in [0.25, 0.3) is 11.3 Å². The molecule has 0 fully saturated rings. The molecule has 1 aromatic heterocycles. The minimum Gasteiger partial charge on any atom is -0.444 e. The van der Waals surface area contributed by atoms with Crippen LogP contribution in [0.5, 0.6) is 0 Å². The highest BCUT2D eigenvalue weighted by Crippen LogP contribution is 2.28. The number of rotatable bonds is 10. The Morgan fingerprint density at radius 3 is 2.59 bits per heavy atom. The molecule has 0 aliphatic carbocycles. The maximum Gasteiger partial charge on any atom is 0.408 e. The summed E-state index contributed by atoms with van der Waals surface area (Å²) in [5, 5.41) is 2.93. The fourth-order valence-electron chi connectivity index (χ4n) is 3.06. The zero-order valence-electron chi connectivity index (χ0n) is 20.3. The Bertz CT molecular complexity index is 913. The summed E-state index contributed by atoms with van der Waals surface area (Å²) in [6.45, 7) is 17.3. The van der Waals surface area contributed by atoms with Crippen LogP contribution in [0, 0.1) is 0 Å². The maximum absolute atomic E-state index is 12.5. The number of hydrogen-bond donors (Lipinski definition) is 2. The molecule has 0 aliphatic heterocycles. The number of anilines is 1. The highest BCUT2D eigenvalue weighted by molar-refractivity contribution is 6.76. The van der Waals surface area contributed by atoms with E-state index < -0.39 is 25.8 Å². The van der Waals surface area contributed by atoms with Crippen molar-refractivity contribution in [2.24, 2.45) is 0 Å². The van der Waals surface area contributed by atoms with E-state index in [1.807, 2.05) is 55.8 Å². The summed E-state index contributed by atoms with van der Waals surface area (Å²) in [5.41, 5.74) is 7.80. The highest BCUT2D eigenvalue weighted by atomic mass is 28.3. The van der Waals surface area contributed by atoms with Gasteiger partial charge in [-0.15, -0.1) is 6.58 Å². The number of nitrogen functional groups attached to an aromatic ring is 1.